The number of nitrogens with zero attached hydrogens (tertiary/aromatic N) is 2. The van der Waals surface area contributed by atoms with Crippen LogP contribution in [0.5, 0.6) is 0 Å². The summed E-state index contributed by atoms with van der Waals surface area (Å²) >= 11 is 0. The second kappa shape index (κ2) is 4.06. The van der Waals surface area contributed by atoms with Crippen molar-refractivity contribution in [2.45, 2.75) is 20.0 Å². The number of benzene rings is 1. The molecule has 0 aliphatic carbocycles. The number of aryl methyl sites for hydroxylation is 1. The van der Waals surface area contributed by atoms with Gasteiger partial charge in [-0.2, -0.15) is 5.10 Å². The summed E-state index contributed by atoms with van der Waals surface area (Å²) in [4.78, 5) is 0. The van der Waals surface area contributed by atoms with E-state index in [-0.39, 0.29) is 5.82 Å². The third kappa shape index (κ3) is 1.97. The molecule has 0 aliphatic heterocycles. The molecule has 0 amide bonds. The van der Waals surface area contributed by atoms with Crippen LogP contribution < -0.4 is 0 Å². The number of hydrogen-bond donors (Lipinski definition) is 1. The maximum absolute atomic E-state index is 13.1. The smallest absolute Gasteiger partial charge is 0.123 e. The molecule has 16 heavy (non-hydrogen) atoms. The van der Waals surface area contributed by atoms with Crippen molar-refractivity contribution in [2.75, 3.05) is 0 Å². The van der Waals surface area contributed by atoms with E-state index in [4.69, 9.17) is 0 Å². The minimum Gasteiger partial charge on any atom is -0.389 e. The Balaban J connectivity index is 2.56. The molecule has 4 heteroatoms. The lowest BCUT2D eigenvalue weighted by atomic mass is 10.1. The minimum absolute atomic E-state index is 0.358. The molecular weight excluding hydrogens is 207 g/mol. The molecule has 0 radical (unpaired) electrons. The Morgan fingerprint density at radius 2 is 2.19 bits per heavy atom. The Bertz CT molecular complexity index is 505. The first kappa shape index (κ1) is 10.8. The summed E-state index contributed by atoms with van der Waals surface area (Å²) in [5, 5.41) is 13.7. The Labute approximate surface area is 93.2 Å². The number of rotatable bonds is 2. The molecule has 0 aliphatic rings. The molecule has 0 fully saturated rings. The fourth-order valence-corrected chi connectivity index (χ4v) is 1.61. The standard InChI is InChI=1S/C12H13FN2O/c1-8-6-14-15(7-8)12-4-3-10(13)5-11(12)9(2)16/h3-7,9,16H,1-2H3. The van der Waals surface area contributed by atoms with Crippen LogP contribution in [0.2, 0.25) is 0 Å². The van der Waals surface area contributed by atoms with Crippen molar-refractivity contribution < 1.29 is 9.50 Å². The van der Waals surface area contributed by atoms with Crippen molar-refractivity contribution >= 4 is 0 Å². The molecule has 2 rings (SSSR count). The van der Waals surface area contributed by atoms with E-state index in [0.29, 0.717) is 11.3 Å². The highest BCUT2D eigenvalue weighted by Crippen LogP contribution is 2.22. The van der Waals surface area contributed by atoms with Gasteiger partial charge in [0, 0.05) is 11.8 Å². The first-order valence-corrected chi connectivity index (χ1v) is 5.07. The maximum Gasteiger partial charge on any atom is 0.123 e. The molecule has 1 aromatic carbocycles. The van der Waals surface area contributed by atoms with Gasteiger partial charge in [0.2, 0.25) is 0 Å². The van der Waals surface area contributed by atoms with Crippen LogP contribution in [-0.2, 0) is 0 Å². The van der Waals surface area contributed by atoms with Gasteiger partial charge in [0.1, 0.15) is 5.82 Å². The van der Waals surface area contributed by atoms with Gasteiger partial charge in [-0.05, 0) is 37.6 Å². The Morgan fingerprint density at radius 3 is 2.75 bits per heavy atom. The van der Waals surface area contributed by atoms with Crippen molar-refractivity contribution in [3.63, 3.8) is 0 Å². The second-order valence-electron chi connectivity index (χ2n) is 3.84. The van der Waals surface area contributed by atoms with E-state index >= 15 is 0 Å². The lowest BCUT2D eigenvalue weighted by Gasteiger charge is -2.11. The van der Waals surface area contributed by atoms with E-state index in [9.17, 15) is 9.50 Å². The fraction of sp³-hybridized carbons (Fsp3) is 0.250. The lowest BCUT2D eigenvalue weighted by molar-refractivity contribution is 0.198. The molecule has 0 saturated heterocycles. The van der Waals surface area contributed by atoms with Gasteiger partial charge in [0.25, 0.3) is 0 Å². The largest absolute Gasteiger partial charge is 0.389 e. The topological polar surface area (TPSA) is 38.0 Å². The average molecular weight is 220 g/mol. The molecular formula is C12H13FN2O. The van der Waals surface area contributed by atoms with Gasteiger partial charge < -0.3 is 5.11 Å². The van der Waals surface area contributed by atoms with Gasteiger partial charge in [-0.25, -0.2) is 9.07 Å². The van der Waals surface area contributed by atoms with Crippen molar-refractivity contribution in [3.05, 3.63) is 47.5 Å². The summed E-state index contributed by atoms with van der Waals surface area (Å²) in [6, 6.07) is 4.30. The average Bonchev–Trinajstić information content (AvgIpc) is 2.64. The van der Waals surface area contributed by atoms with Crippen LogP contribution in [0, 0.1) is 12.7 Å². The van der Waals surface area contributed by atoms with Gasteiger partial charge in [-0.15, -0.1) is 0 Å². The van der Waals surface area contributed by atoms with Crippen LogP contribution in [0.25, 0.3) is 5.69 Å². The number of aliphatic hydroxyl groups is 1. The summed E-state index contributed by atoms with van der Waals surface area (Å²) in [5.74, 6) is -0.358. The molecule has 1 aromatic heterocycles. The highest BCUT2D eigenvalue weighted by atomic mass is 19.1. The van der Waals surface area contributed by atoms with Crippen molar-refractivity contribution in [1.29, 1.82) is 0 Å². The third-order valence-electron chi connectivity index (χ3n) is 2.40. The maximum atomic E-state index is 13.1. The van der Waals surface area contributed by atoms with Crippen LogP contribution in [0.3, 0.4) is 0 Å². The predicted molar refractivity (Wildman–Crippen MR) is 58.9 cm³/mol. The molecule has 0 spiro atoms. The van der Waals surface area contributed by atoms with Gasteiger partial charge in [0.05, 0.1) is 18.0 Å². The third-order valence-corrected chi connectivity index (χ3v) is 2.40. The Kier molecular flexibility index (Phi) is 2.75. The van der Waals surface area contributed by atoms with E-state index in [0.717, 1.165) is 5.56 Å². The summed E-state index contributed by atoms with van der Waals surface area (Å²) in [5.41, 5.74) is 2.24. The highest BCUT2D eigenvalue weighted by molar-refractivity contribution is 5.42. The molecule has 1 heterocycles. The van der Waals surface area contributed by atoms with E-state index in [2.05, 4.69) is 5.10 Å². The van der Waals surface area contributed by atoms with Gasteiger partial charge in [-0.1, -0.05) is 0 Å². The van der Waals surface area contributed by atoms with Crippen LogP contribution >= 0.6 is 0 Å². The monoisotopic (exact) mass is 220 g/mol. The fourth-order valence-electron chi connectivity index (χ4n) is 1.61. The predicted octanol–water partition coefficient (Wildman–Crippen LogP) is 2.37. The van der Waals surface area contributed by atoms with Crippen molar-refractivity contribution in [2.24, 2.45) is 0 Å². The molecule has 0 saturated carbocycles. The van der Waals surface area contributed by atoms with Crippen molar-refractivity contribution in [1.82, 2.24) is 9.78 Å². The quantitative estimate of drug-likeness (QED) is 0.843. The molecule has 1 atom stereocenters. The highest BCUT2D eigenvalue weighted by Gasteiger charge is 2.11. The minimum atomic E-state index is -0.727. The summed E-state index contributed by atoms with van der Waals surface area (Å²) in [7, 11) is 0. The Hall–Kier alpha value is -1.68. The molecule has 0 bridgehead atoms. The number of aliphatic hydroxyl groups excluding tert-OH is 1. The number of aromatic nitrogens is 2. The molecule has 3 nitrogen and oxygen atoms in total. The van der Waals surface area contributed by atoms with Gasteiger partial charge in [-0.3, -0.25) is 0 Å². The first-order chi connectivity index (χ1) is 7.58. The van der Waals surface area contributed by atoms with Crippen LogP contribution in [0.1, 0.15) is 24.2 Å². The summed E-state index contributed by atoms with van der Waals surface area (Å²) in [6.07, 6.45) is 2.82. The van der Waals surface area contributed by atoms with E-state index in [1.165, 1.54) is 12.1 Å². The van der Waals surface area contributed by atoms with Gasteiger partial charge >= 0.3 is 0 Å². The molecule has 1 N–H and O–H groups in total. The second-order valence-corrected chi connectivity index (χ2v) is 3.84. The summed E-state index contributed by atoms with van der Waals surface area (Å²) in [6.45, 7) is 3.53. The van der Waals surface area contributed by atoms with Crippen LogP contribution in [-0.4, -0.2) is 14.9 Å². The molecule has 1 unspecified atom stereocenters. The van der Waals surface area contributed by atoms with Crippen LogP contribution in [0.15, 0.2) is 30.6 Å². The number of hydrogen-bond acceptors (Lipinski definition) is 2. The first-order valence-electron chi connectivity index (χ1n) is 5.07. The zero-order valence-electron chi connectivity index (χ0n) is 9.18. The van der Waals surface area contributed by atoms with Crippen LogP contribution in [0.4, 0.5) is 4.39 Å². The SMILES string of the molecule is Cc1cnn(-c2ccc(F)cc2C(C)O)c1. The lowest BCUT2D eigenvalue weighted by Crippen LogP contribution is -2.03. The van der Waals surface area contributed by atoms with E-state index in [1.54, 1.807) is 23.9 Å². The number of halogens is 1. The molecule has 84 valence electrons. The normalized spacial score (nSPS) is 12.8. The zero-order chi connectivity index (χ0) is 11.7. The zero-order valence-corrected chi connectivity index (χ0v) is 9.18. The Morgan fingerprint density at radius 1 is 1.44 bits per heavy atom. The van der Waals surface area contributed by atoms with E-state index < -0.39 is 6.10 Å². The van der Waals surface area contributed by atoms with Crippen molar-refractivity contribution in [3.8, 4) is 5.69 Å². The van der Waals surface area contributed by atoms with E-state index in [1.807, 2.05) is 13.1 Å². The summed E-state index contributed by atoms with van der Waals surface area (Å²) < 4.78 is 14.7. The molecule has 2 aromatic rings. The van der Waals surface area contributed by atoms with Gasteiger partial charge in [0.15, 0.2) is 0 Å².